The molecule has 14 heavy (non-hydrogen) atoms. The summed E-state index contributed by atoms with van der Waals surface area (Å²) in [5, 5.41) is 1.83. The molecule has 0 N–H and O–H groups in total. The molecule has 0 spiro atoms. The van der Waals surface area contributed by atoms with Crippen LogP contribution in [0.3, 0.4) is 0 Å². The smallest absolute Gasteiger partial charge is 0.0843 e. The molecule has 1 aliphatic rings. The van der Waals surface area contributed by atoms with Gasteiger partial charge in [-0.2, -0.15) is 0 Å². The molecule has 1 aromatic rings. The van der Waals surface area contributed by atoms with Crippen molar-refractivity contribution in [2.75, 3.05) is 5.75 Å². The number of benzene rings is 1. The predicted octanol–water partition coefficient (Wildman–Crippen LogP) is 3.89. The highest BCUT2D eigenvalue weighted by atomic mass is 35.5. The van der Waals surface area contributed by atoms with Crippen LogP contribution >= 0.6 is 11.6 Å². The minimum absolute atomic E-state index is 0.505. The van der Waals surface area contributed by atoms with E-state index >= 15 is 0 Å². The predicted molar refractivity (Wildman–Crippen MR) is 65.3 cm³/mol. The maximum atomic E-state index is 5.89. The lowest BCUT2D eigenvalue weighted by atomic mass is 10.4. The normalized spacial score (nSPS) is 18.1. The van der Waals surface area contributed by atoms with E-state index in [2.05, 4.69) is 19.1 Å². The van der Waals surface area contributed by atoms with E-state index in [0.717, 1.165) is 10.3 Å². The third kappa shape index (κ3) is 2.46. The number of hydrogen-bond acceptors (Lipinski definition) is 0. The molecule has 2 rings (SSSR count). The van der Waals surface area contributed by atoms with Crippen molar-refractivity contribution in [3.8, 4) is 0 Å². The Labute approximate surface area is 94.0 Å². The summed E-state index contributed by atoms with van der Waals surface area (Å²) < 4.78 is 0. The zero-order valence-electron chi connectivity index (χ0n) is 8.50. The van der Waals surface area contributed by atoms with Gasteiger partial charge >= 0.3 is 0 Å². The van der Waals surface area contributed by atoms with Crippen LogP contribution in [0.5, 0.6) is 0 Å². The van der Waals surface area contributed by atoms with Crippen molar-refractivity contribution in [2.45, 2.75) is 36.3 Å². The fourth-order valence-electron chi connectivity index (χ4n) is 1.66. The molecule has 76 valence electrons. The van der Waals surface area contributed by atoms with E-state index in [0.29, 0.717) is 10.9 Å². The van der Waals surface area contributed by atoms with E-state index in [-0.39, 0.29) is 0 Å². The van der Waals surface area contributed by atoms with Crippen molar-refractivity contribution in [3.63, 3.8) is 0 Å². The van der Waals surface area contributed by atoms with Gasteiger partial charge in [-0.1, -0.05) is 18.5 Å². The van der Waals surface area contributed by atoms with Crippen LogP contribution in [0, 0.1) is 0 Å². The van der Waals surface area contributed by atoms with Crippen molar-refractivity contribution in [1.29, 1.82) is 0 Å². The average Bonchev–Trinajstić information content (AvgIpc) is 2.99. The van der Waals surface area contributed by atoms with Crippen LogP contribution in [0.2, 0.25) is 5.02 Å². The monoisotopic (exact) mass is 227 g/mol. The molecule has 1 fully saturated rings. The van der Waals surface area contributed by atoms with Crippen LogP contribution in [-0.4, -0.2) is 11.0 Å². The third-order valence-corrected chi connectivity index (χ3v) is 5.72. The third-order valence-electron chi connectivity index (χ3n) is 2.47. The van der Waals surface area contributed by atoms with Gasteiger partial charge in [0.2, 0.25) is 0 Å². The molecule has 1 saturated carbocycles. The molecule has 1 atom stereocenters. The van der Waals surface area contributed by atoms with E-state index in [1.807, 2.05) is 12.1 Å². The van der Waals surface area contributed by atoms with E-state index in [1.165, 1.54) is 29.9 Å². The van der Waals surface area contributed by atoms with Crippen LogP contribution in [0.4, 0.5) is 0 Å². The van der Waals surface area contributed by atoms with Gasteiger partial charge < -0.3 is 0 Å². The van der Waals surface area contributed by atoms with Crippen LogP contribution in [-0.2, 0) is 10.9 Å². The van der Waals surface area contributed by atoms with Gasteiger partial charge in [-0.3, -0.25) is 0 Å². The van der Waals surface area contributed by atoms with Gasteiger partial charge in [0, 0.05) is 28.8 Å². The van der Waals surface area contributed by atoms with E-state index in [9.17, 15) is 0 Å². The number of hydrogen-bond donors (Lipinski definition) is 0. The van der Waals surface area contributed by atoms with Crippen LogP contribution in [0.1, 0.15) is 26.2 Å². The summed E-state index contributed by atoms with van der Waals surface area (Å²) in [7, 11) is 0.505. The van der Waals surface area contributed by atoms with Crippen LogP contribution in [0.15, 0.2) is 29.2 Å². The van der Waals surface area contributed by atoms with Gasteiger partial charge in [0.1, 0.15) is 11.0 Å². The Kier molecular flexibility index (Phi) is 3.40. The molecule has 0 aliphatic heterocycles. The van der Waals surface area contributed by atoms with Gasteiger partial charge in [0.15, 0.2) is 4.90 Å². The Balaban J connectivity index is 2.13. The molecule has 1 aliphatic carbocycles. The minimum Gasteiger partial charge on any atom is -0.0843 e. The summed E-state index contributed by atoms with van der Waals surface area (Å²) in [6.07, 6.45) is 4.17. The maximum absolute atomic E-state index is 5.89. The molecule has 0 saturated heterocycles. The molecule has 0 heterocycles. The number of rotatable bonds is 4. The Morgan fingerprint density at radius 2 is 1.93 bits per heavy atom. The van der Waals surface area contributed by atoms with Gasteiger partial charge in [0.05, 0.1) is 0 Å². The van der Waals surface area contributed by atoms with E-state index in [1.54, 1.807) is 0 Å². The first-order valence-corrected chi connectivity index (χ1v) is 7.10. The first-order chi connectivity index (χ1) is 6.81. The van der Waals surface area contributed by atoms with Gasteiger partial charge in [-0.15, -0.1) is 0 Å². The fraction of sp³-hybridized carbons (Fsp3) is 0.500. The molecule has 0 radical (unpaired) electrons. The Morgan fingerprint density at radius 1 is 1.29 bits per heavy atom. The van der Waals surface area contributed by atoms with Crippen molar-refractivity contribution >= 4 is 22.5 Å². The molecule has 0 bridgehead atoms. The average molecular weight is 228 g/mol. The fourth-order valence-corrected chi connectivity index (χ4v) is 4.37. The lowest BCUT2D eigenvalue weighted by Crippen LogP contribution is -2.12. The van der Waals surface area contributed by atoms with Crippen molar-refractivity contribution in [2.24, 2.45) is 0 Å². The van der Waals surface area contributed by atoms with Crippen LogP contribution < -0.4 is 0 Å². The standard InChI is InChI=1S/C12H16ClS/c1-2-9-14(12-7-8-12)11-5-3-10(13)4-6-11/h3-6,12H,2,7-9H2,1H3/q+1. The topological polar surface area (TPSA) is 0 Å². The number of halogens is 1. The summed E-state index contributed by atoms with van der Waals surface area (Å²) in [6, 6.07) is 8.46. The second kappa shape index (κ2) is 4.59. The van der Waals surface area contributed by atoms with Gasteiger partial charge in [0.25, 0.3) is 0 Å². The highest BCUT2D eigenvalue weighted by Gasteiger charge is 2.40. The molecular weight excluding hydrogens is 212 g/mol. The zero-order valence-corrected chi connectivity index (χ0v) is 10.1. The van der Waals surface area contributed by atoms with E-state index < -0.39 is 0 Å². The molecule has 0 nitrogen and oxygen atoms in total. The second-order valence-electron chi connectivity index (χ2n) is 3.79. The summed E-state index contributed by atoms with van der Waals surface area (Å²) in [4.78, 5) is 1.51. The molecule has 0 aromatic heterocycles. The molecule has 2 heteroatoms. The Morgan fingerprint density at radius 3 is 2.43 bits per heavy atom. The highest BCUT2D eigenvalue weighted by Crippen LogP contribution is 2.36. The summed E-state index contributed by atoms with van der Waals surface area (Å²) in [5.41, 5.74) is 0. The van der Waals surface area contributed by atoms with E-state index in [4.69, 9.17) is 11.6 Å². The lowest BCUT2D eigenvalue weighted by molar-refractivity contribution is 1.09. The lowest BCUT2D eigenvalue weighted by Gasteiger charge is -2.05. The minimum atomic E-state index is 0.505. The van der Waals surface area contributed by atoms with Gasteiger partial charge in [-0.05, 0) is 30.7 Å². The van der Waals surface area contributed by atoms with Gasteiger partial charge in [-0.25, -0.2) is 0 Å². The van der Waals surface area contributed by atoms with Crippen molar-refractivity contribution in [1.82, 2.24) is 0 Å². The second-order valence-corrected chi connectivity index (χ2v) is 6.63. The van der Waals surface area contributed by atoms with Crippen LogP contribution in [0.25, 0.3) is 0 Å². The molecule has 1 unspecified atom stereocenters. The SMILES string of the molecule is CCC[S+](c1ccc(Cl)cc1)C1CC1. The van der Waals surface area contributed by atoms with Crippen molar-refractivity contribution < 1.29 is 0 Å². The zero-order chi connectivity index (χ0) is 9.97. The first kappa shape index (κ1) is 10.4. The summed E-state index contributed by atoms with van der Waals surface area (Å²) in [6.45, 7) is 2.28. The summed E-state index contributed by atoms with van der Waals surface area (Å²) >= 11 is 5.89. The highest BCUT2D eigenvalue weighted by molar-refractivity contribution is 7.97. The first-order valence-electron chi connectivity index (χ1n) is 5.26. The van der Waals surface area contributed by atoms with Crippen molar-refractivity contribution in [3.05, 3.63) is 29.3 Å². The largest absolute Gasteiger partial charge is 0.155 e. The quantitative estimate of drug-likeness (QED) is 0.685. The summed E-state index contributed by atoms with van der Waals surface area (Å²) in [5.74, 6) is 1.35. The molecular formula is C12H16ClS+. The Hall–Kier alpha value is -0.140. The maximum Gasteiger partial charge on any atom is 0.155 e. The molecule has 0 amide bonds. The molecule has 1 aromatic carbocycles. The Bertz CT molecular complexity index is 290.